The average molecular weight is 230 g/mol. The molecular formula is C10H18N2O4. The van der Waals surface area contributed by atoms with Crippen LogP contribution in [0.15, 0.2) is 0 Å². The van der Waals surface area contributed by atoms with E-state index < -0.39 is 18.1 Å². The molecule has 0 aromatic rings. The van der Waals surface area contributed by atoms with Crippen molar-refractivity contribution in [3.8, 4) is 0 Å². The van der Waals surface area contributed by atoms with Gasteiger partial charge in [0.1, 0.15) is 6.04 Å². The Morgan fingerprint density at radius 1 is 1.56 bits per heavy atom. The summed E-state index contributed by atoms with van der Waals surface area (Å²) >= 11 is 0. The Hall–Kier alpha value is -1.14. The fraction of sp³-hybridized carbons (Fsp3) is 0.800. The van der Waals surface area contributed by atoms with Crippen molar-refractivity contribution in [2.24, 2.45) is 11.7 Å². The van der Waals surface area contributed by atoms with Gasteiger partial charge in [-0.1, -0.05) is 6.92 Å². The molecule has 6 heteroatoms. The van der Waals surface area contributed by atoms with Gasteiger partial charge in [-0.05, 0) is 6.42 Å². The third-order valence-corrected chi connectivity index (χ3v) is 2.97. The summed E-state index contributed by atoms with van der Waals surface area (Å²) in [6, 6.07) is -0.914. The molecule has 0 spiro atoms. The highest BCUT2D eigenvalue weighted by molar-refractivity contribution is 5.86. The Bertz CT molecular complexity index is 278. The van der Waals surface area contributed by atoms with Gasteiger partial charge in [-0.2, -0.15) is 0 Å². The zero-order valence-electron chi connectivity index (χ0n) is 9.30. The summed E-state index contributed by atoms with van der Waals surface area (Å²) in [6.45, 7) is 2.12. The molecule has 1 heterocycles. The monoisotopic (exact) mass is 230 g/mol. The molecule has 1 saturated heterocycles. The van der Waals surface area contributed by atoms with Crippen LogP contribution in [0.1, 0.15) is 19.8 Å². The zero-order valence-corrected chi connectivity index (χ0v) is 9.30. The van der Waals surface area contributed by atoms with Crippen LogP contribution in [-0.4, -0.2) is 52.2 Å². The van der Waals surface area contributed by atoms with Crippen LogP contribution in [0.5, 0.6) is 0 Å². The molecule has 0 aliphatic carbocycles. The zero-order chi connectivity index (χ0) is 12.3. The molecule has 0 aromatic carbocycles. The van der Waals surface area contributed by atoms with Gasteiger partial charge in [-0.15, -0.1) is 0 Å². The number of hydrogen-bond donors (Lipinski definition) is 3. The maximum Gasteiger partial charge on any atom is 0.326 e. The van der Waals surface area contributed by atoms with E-state index >= 15 is 0 Å². The highest BCUT2D eigenvalue weighted by atomic mass is 16.4. The van der Waals surface area contributed by atoms with E-state index in [1.54, 1.807) is 0 Å². The van der Waals surface area contributed by atoms with Crippen molar-refractivity contribution in [2.45, 2.75) is 31.9 Å². The van der Waals surface area contributed by atoms with Gasteiger partial charge in [0.15, 0.2) is 0 Å². The van der Waals surface area contributed by atoms with E-state index in [-0.39, 0.29) is 31.3 Å². The molecule has 6 nitrogen and oxygen atoms in total. The number of carboxylic acids is 1. The molecule has 1 amide bonds. The van der Waals surface area contributed by atoms with Crippen LogP contribution >= 0.6 is 0 Å². The van der Waals surface area contributed by atoms with Gasteiger partial charge in [0.05, 0.1) is 12.0 Å². The second-order valence-corrected chi connectivity index (χ2v) is 4.08. The van der Waals surface area contributed by atoms with Crippen molar-refractivity contribution in [3.05, 3.63) is 0 Å². The number of carbonyl (C=O) groups is 2. The first kappa shape index (κ1) is 12.9. The third kappa shape index (κ3) is 2.51. The Kier molecular flexibility index (Phi) is 4.26. The highest BCUT2D eigenvalue weighted by Gasteiger charge is 2.40. The van der Waals surface area contributed by atoms with Gasteiger partial charge < -0.3 is 20.8 Å². The summed E-state index contributed by atoms with van der Waals surface area (Å²) < 4.78 is 0. The molecule has 92 valence electrons. The second-order valence-electron chi connectivity index (χ2n) is 4.08. The van der Waals surface area contributed by atoms with Crippen molar-refractivity contribution in [1.82, 2.24) is 4.90 Å². The smallest absolute Gasteiger partial charge is 0.326 e. The molecule has 0 saturated carbocycles. The summed E-state index contributed by atoms with van der Waals surface area (Å²) in [5.41, 5.74) is 5.45. The van der Waals surface area contributed by atoms with E-state index in [2.05, 4.69) is 0 Å². The average Bonchev–Trinajstić information content (AvgIpc) is 2.62. The normalized spacial score (nSPS) is 26.8. The number of likely N-dealkylation sites (tertiary alicyclic amines) is 1. The standard InChI is InChI=1S/C10H18N2O4/c1-2-6(4-11)9(14)12-5-7(13)3-8(12)10(15)16/h6-8,13H,2-5,11H2,1H3,(H,15,16). The van der Waals surface area contributed by atoms with E-state index in [1.165, 1.54) is 4.90 Å². The number of aliphatic hydroxyl groups is 1. The number of aliphatic carboxylic acids is 1. The summed E-state index contributed by atoms with van der Waals surface area (Å²) in [6.07, 6.45) is -0.0728. The quantitative estimate of drug-likeness (QED) is 0.575. The number of carbonyl (C=O) groups excluding carboxylic acids is 1. The minimum absolute atomic E-state index is 0.0896. The molecule has 0 bridgehead atoms. The largest absolute Gasteiger partial charge is 0.480 e. The first-order valence-electron chi connectivity index (χ1n) is 5.42. The minimum atomic E-state index is -1.07. The fourth-order valence-corrected chi connectivity index (χ4v) is 1.97. The fourth-order valence-electron chi connectivity index (χ4n) is 1.97. The lowest BCUT2D eigenvalue weighted by atomic mass is 10.0. The molecule has 1 rings (SSSR count). The minimum Gasteiger partial charge on any atom is -0.480 e. The van der Waals surface area contributed by atoms with Crippen molar-refractivity contribution in [2.75, 3.05) is 13.1 Å². The van der Waals surface area contributed by atoms with E-state index in [0.29, 0.717) is 6.42 Å². The Balaban J connectivity index is 2.77. The van der Waals surface area contributed by atoms with Crippen LogP contribution in [0.25, 0.3) is 0 Å². The molecule has 3 unspecified atom stereocenters. The molecule has 3 atom stereocenters. The lowest BCUT2D eigenvalue weighted by Gasteiger charge is -2.25. The topological polar surface area (TPSA) is 104 Å². The number of β-amino-alcohol motifs (C(OH)–C–C–N with tert-alkyl or cyclic N) is 1. The van der Waals surface area contributed by atoms with E-state index in [9.17, 15) is 14.7 Å². The number of nitrogens with two attached hydrogens (primary N) is 1. The predicted octanol–water partition coefficient (Wildman–Crippen LogP) is -0.982. The Labute approximate surface area is 94.0 Å². The Morgan fingerprint density at radius 3 is 2.62 bits per heavy atom. The van der Waals surface area contributed by atoms with E-state index in [1.807, 2.05) is 6.92 Å². The first-order chi connectivity index (χ1) is 7.51. The molecule has 0 aromatic heterocycles. The molecular weight excluding hydrogens is 212 g/mol. The number of amides is 1. The van der Waals surface area contributed by atoms with Gasteiger partial charge in [-0.25, -0.2) is 4.79 Å². The molecule has 16 heavy (non-hydrogen) atoms. The van der Waals surface area contributed by atoms with Gasteiger partial charge in [-0.3, -0.25) is 4.79 Å². The van der Waals surface area contributed by atoms with E-state index in [4.69, 9.17) is 10.8 Å². The van der Waals surface area contributed by atoms with Gasteiger partial charge in [0.25, 0.3) is 0 Å². The summed E-state index contributed by atoms with van der Waals surface area (Å²) in [4.78, 5) is 24.1. The van der Waals surface area contributed by atoms with Crippen LogP contribution in [0.3, 0.4) is 0 Å². The summed E-state index contributed by atoms with van der Waals surface area (Å²) in [5.74, 6) is -1.70. The number of nitrogens with zero attached hydrogens (tertiary/aromatic N) is 1. The number of carboxylic acid groups (broad SMARTS) is 1. The third-order valence-electron chi connectivity index (χ3n) is 2.97. The SMILES string of the molecule is CCC(CN)C(=O)N1CC(O)CC1C(=O)O. The number of aliphatic hydroxyl groups excluding tert-OH is 1. The van der Waals surface area contributed by atoms with Crippen LogP contribution in [0.4, 0.5) is 0 Å². The van der Waals surface area contributed by atoms with Crippen molar-refractivity contribution >= 4 is 11.9 Å². The van der Waals surface area contributed by atoms with Crippen LogP contribution < -0.4 is 5.73 Å². The number of hydrogen-bond acceptors (Lipinski definition) is 4. The van der Waals surface area contributed by atoms with Gasteiger partial charge in [0.2, 0.25) is 5.91 Å². The first-order valence-corrected chi connectivity index (χ1v) is 5.42. The lowest BCUT2D eigenvalue weighted by Crippen LogP contribution is -2.45. The second kappa shape index (κ2) is 5.27. The van der Waals surface area contributed by atoms with Crippen LogP contribution in [0, 0.1) is 5.92 Å². The maximum atomic E-state index is 11.9. The number of rotatable bonds is 4. The summed E-state index contributed by atoms with van der Waals surface area (Å²) in [5, 5.41) is 18.3. The van der Waals surface area contributed by atoms with Gasteiger partial charge in [0, 0.05) is 19.5 Å². The predicted molar refractivity (Wildman–Crippen MR) is 56.6 cm³/mol. The molecule has 1 fully saturated rings. The summed E-state index contributed by atoms with van der Waals surface area (Å²) in [7, 11) is 0. The maximum absolute atomic E-state index is 11.9. The van der Waals surface area contributed by atoms with Crippen molar-refractivity contribution in [1.29, 1.82) is 0 Å². The Morgan fingerprint density at radius 2 is 2.19 bits per heavy atom. The van der Waals surface area contributed by atoms with Crippen LogP contribution in [-0.2, 0) is 9.59 Å². The molecule has 1 aliphatic rings. The van der Waals surface area contributed by atoms with E-state index in [0.717, 1.165) is 0 Å². The van der Waals surface area contributed by atoms with Crippen LogP contribution in [0.2, 0.25) is 0 Å². The highest BCUT2D eigenvalue weighted by Crippen LogP contribution is 2.21. The van der Waals surface area contributed by atoms with Crippen molar-refractivity contribution < 1.29 is 19.8 Å². The molecule has 0 radical (unpaired) electrons. The molecule has 1 aliphatic heterocycles. The lowest BCUT2D eigenvalue weighted by molar-refractivity contribution is -0.149. The van der Waals surface area contributed by atoms with Crippen molar-refractivity contribution in [3.63, 3.8) is 0 Å². The molecule has 4 N–H and O–H groups in total. The van der Waals surface area contributed by atoms with Gasteiger partial charge >= 0.3 is 5.97 Å².